The maximum Gasteiger partial charge on any atom is 0.159 e. The molecule has 2 N–H and O–H groups in total. The van der Waals surface area contributed by atoms with E-state index in [-0.39, 0.29) is 19.3 Å². The molecular formula is C21H25N7O. The third-order valence-electron chi connectivity index (χ3n) is 4.07. The summed E-state index contributed by atoms with van der Waals surface area (Å²) in [5.74, 6) is 0.0649. The van der Waals surface area contributed by atoms with Gasteiger partial charge in [0.25, 0.3) is 0 Å². The zero-order chi connectivity index (χ0) is 19.9. The van der Waals surface area contributed by atoms with E-state index in [1.807, 2.05) is 43.3 Å². The lowest BCUT2D eigenvalue weighted by atomic mass is 10.1. The number of ketones is 1. The van der Waals surface area contributed by atoms with Crippen LogP contribution in [0.15, 0.2) is 73.3 Å². The van der Waals surface area contributed by atoms with E-state index < -0.39 is 0 Å². The van der Waals surface area contributed by atoms with E-state index in [1.54, 1.807) is 53.2 Å². The highest BCUT2D eigenvalue weighted by molar-refractivity contribution is 5.94. The van der Waals surface area contributed by atoms with Crippen LogP contribution in [0.4, 0.5) is 0 Å². The van der Waals surface area contributed by atoms with Gasteiger partial charge >= 0.3 is 0 Å². The Bertz CT molecular complexity index is 990. The van der Waals surface area contributed by atoms with Gasteiger partial charge in [-0.1, -0.05) is 30.0 Å². The summed E-state index contributed by atoms with van der Waals surface area (Å²) in [7, 11) is 0. The smallest absolute Gasteiger partial charge is 0.159 e. The van der Waals surface area contributed by atoms with Crippen LogP contribution in [0.3, 0.4) is 0 Å². The second-order valence-electron chi connectivity index (χ2n) is 6.18. The molecule has 1 atom stereocenters. The normalized spacial score (nSPS) is 11.0. The number of Topliss-reactive ketones (excluding diaryl/α,β-unsaturated/α-hetero) is 1. The molecule has 0 aliphatic carbocycles. The molecule has 29 heavy (non-hydrogen) atoms. The number of hydrogen-bond acceptors (Lipinski definition) is 6. The molecule has 2 aromatic carbocycles. The molecule has 2 heterocycles. The van der Waals surface area contributed by atoms with Crippen molar-refractivity contribution in [2.24, 2.45) is 5.73 Å². The van der Waals surface area contributed by atoms with E-state index in [1.165, 1.54) is 0 Å². The van der Waals surface area contributed by atoms with Crippen LogP contribution < -0.4 is 5.73 Å². The monoisotopic (exact) mass is 391 g/mol. The van der Waals surface area contributed by atoms with E-state index in [0.29, 0.717) is 5.56 Å². The van der Waals surface area contributed by atoms with Gasteiger partial charge in [0.2, 0.25) is 0 Å². The molecular weight excluding hydrogens is 366 g/mol. The lowest BCUT2D eigenvalue weighted by molar-refractivity contribution is 0.101. The lowest BCUT2D eigenvalue weighted by Crippen LogP contribution is -2.05. The third-order valence-corrected chi connectivity index (χ3v) is 4.07. The van der Waals surface area contributed by atoms with Crippen LogP contribution in [0, 0.1) is 0 Å². The molecule has 0 amide bonds. The Morgan fingerprint density at radius 2 is 1.31 bits per heavy atom. The molecule has 8 heteroatoms. The fraction of sp³-hybridized carbons (Fsp3) is 0.190. The largest absolute Gasteiger partial charge is 0.324 e. The first-order valence-electron chi connectivity index (χ1n) is 8.74. The molecule has 0 saturated carbocycles. The van der Waals surface area contributed by atoms with E-state index in [0.717, 1.165) is 16.9 Å². The molecule has 0 spiro atoms. The van der Waals surface area contributed by atoms with Crippen molar-refractivity contribution >= 4 is 5.78 Å². The Morgan fingerprint density at radius 3 is 1.66 bits per heavy atom. The van der Waals surface area contributed by atoms with Gasteiger partial charge in [-0.3, -0.25) is 4.79 Å². The summed E-state index contributed by atoms with van der Waals surface area (Å²) in [6.07, 6.45) is 6.82. The van der Waals surface area contributed by atoms with Crippen molar-refractivity contribution in [2.45, 2.75) is 27.3 Å². The van der Waals surface area contributed by atoms with Crippen molar-refractivity contribution in [3.63, 3.8) is 0 Å². The lowest BCUT2D eigenvalue weighted by Gasteiger charge is -2.06. The molecule has 0 saturated heterocycles. The average molecular weight is 391 g/mol. The number of rotatable bonds is 4. The number of nitrogens with two attached hydrogens (primary N) is 1. The Morgan fingerprint density at radius 1 is 0.862 bits per heavy atom. The SMILES string of the molecule is C.CC(=O)c1ccc(-n2ccnn2)cc1.CC(N)c1ccc(-n2ccnn2)cc1. The van der Waals surface area contributed by atoms with Crippen molar-refractivity contribution in [3.05, 3.63) is 84.4 Å². The minimum Gasteiger partial charge on any atom is -0.324 e. The number of carbonyl (C=O) groups excluding carboxylic acids is 1. The molecule has 8 nitrogen and oxygen atoms in total. The minimum atomic E-state index is 0. The number of hydrogen-bond donors (Lipinski definition) is 1. The second kappa shape index (κ2) is 10.0. The van der Waals surface area contributed by atoms with E-state index >= 15 is 0 Å². The van der Waals surface area contributed by atoms with Gasteiger partial charge in [-0.25, -0.2) is 9.36 Å². The molecule has 4 rings (SSSR count). The molecule has 150 valence electrons. The van der Waals surface area contributed by atoms with Crippen molar-refractivity contribution in [2.75, 3.05) is 0 Å². The van der Waals surface area contributed by atoms with Crippen molar-refractivity contribution < 1.29 is 4.79 Å². The second-order valence-corrected chi connectivity index (χ2v) is 6.18. The standard InChI is InChI=1S/C10H12N4.C10H9N3O.CH4/c1-8(11)9-2-4-10(5-3-9)14-7-6-12-13-14;1-8(14)9-2-4-10(5-3-9)13-7-6-11-12-13;/h2-8H,11H2,1H3;2-7H,1H3;1H4. The van der Waals surface area contributed by atoms with Crippen molar-refractivity contribution in [1.82, 2.24) is 30.0 Å². The fourth-order valence-corrected chi connectivity index (χ4v) is 2.47. The maximum absolute atomic E-state index is 11.0. The summed E-state index contributed by atoms with van der Waals surface area (Å²) in [5.41, 5.74) is 9.46. The quantitative estimate of drug-likeness (QED) is 0.535. The first kappa shape index (κ1) is 21.6. The van der Waals surface area contributed by atoms with Gasteiger partial charge in [-0.2, -0.15) is 0 Å². The van der Waals surface area contributed by atoms with Crippen LogP contribution >= 0.6 is 0 Å². The summed E-state index contributed by atoms with van der Waals surface area (Å²) in [4.78, 5) is 11.0. The molecule has 0 fully saturated rings. The van der Waals surface area contributed by atoms with Gasteiger partial charge < -0.3 is 5.73 Å². The van der Waals surface area contributed by atoms with Crippen LogP contribution in [0.2, 0.25) is 0 Å². The van der Waals surface area contributed by atoms with Gasteiger partial charge in [-0.15, -0.1) is 10.2 Å². The summed E-state index contributed by atoms with van der Waals surface area (Å²) in [6, 6.07) is 15.3. The minimum absolute atomic E-state index is 0. The highest BCUT2D eigenvalue weighted by Crippen LogP contribution is 2.12. The zero-order valence-corrected chi connectivity index (χ0v) is 15.7. The van der Waals surface area contributed by atoms with Gasteiger partial charge in [0, 0.05) is 11.6 Å². The Hall–Kier alpha value is -3.65. The first-order chi connectivity index (χ1) is 13.5. The molecule has 0 aliphatic rings. The van der Waals surface area contributed by atoms with Crippen LogP contribution in [-0.4, -0.2) is 35.8 Å². The predicted molar refractivity (Wildman–Crippen MR) is 112 cm³/mol. The highest BCUT2D eigenvalue weighted by atomic mass is 16.1. The Kier molecular flexibility index (Phi) is 7.50. The molecule has 0 bridgehead atoms. The molecule has 1 unspecified atom stereocenters. The highest BCUT2D eigenvalue weighted by Gasteiger charge is 2.01. The third kappa shape index (κ3) is 5.66. The van der Waals surface area contributed by atoms with Gasteiger partial charge in [0.1, 0.15) is 0 Å². The Labute approximate surface area is 170 Å². The summed E-state index contributed by atoms with van der Waals surface area (Å²) in [6.45, 7) is 3.51. The van der Waals surface area contributed by atoms with Crippen LogP contribution in [0.1, 0.15) is 43.2 Å². The van der Waals surface area contributed by atoms with Gasteiger partial charge in [0.15, 0.2) is 5.78 Å². The molecule has 0 aliphatic heterocycles. The summed E-state index contributed by atoms with van der Waals surface area (Å²) < 4.78 is 3.36. The van der Waals surface area contributed by atoms with E-state index in [2.05, 4.69) is 20.6 Å². The van der Waals surface area contributed by atoms with E-state index in [9.17, 15) is 4.79 Å². The topological polar surface area (TPSA) is 105 Å². The number of aromatic nitrogens is 6. The van der Waals surface area contributed by atoms with Crippen LogP contribution in [-0.2, 0) is 0 Å². The first-order valence-corrected chi connectivity index (χ1v) is 8.74. The summed E-state index contributed by atoms with van der Waals surface area (Å²) in [5, 5.41) is 15.2. The number of nitrogens with zero attached hydrogens (tertiary/aromatic N) is 6. The van der Waals surface area contributed by atoms with Gasteiger partial charge in [-0.05, 0) is 55.8 Å². The van der Waals surface area contributed by atoms with Crippen molar-refractivity contribution in [1.29, 1.82) is 0 Å². The van der Waals surface area contributed by atoms with Crippen molar-refractivity contribution in [3.8, 4) is 11.4 Å². The molecule has 4 aromatic rings. The van der Waals surface area contributed by atoms with Crippen LogP contribution in [0.5, 0.6) is 0 Å². The van der Waals surface area contributed by atoms with E-state index in [4.69, 9.17) is 5.73 Å². The fourth-order valence-electron chi connectivity index (χ4n) is 2.47. The Balaban J connectivity index is 0.000000200. The molecule has 2 aromatic heterocycles. The summed E-state index contributed by atoms with van der Waals surface area (Å²) >= 11 is 0. The number of carbonyl (C=O) groups is 1. The molecule has 0 radical (unpaired) electrons. The average Bonchev–Trinajstić information content (AvgIpc) is 3.43. The number of benzene rings is 2. The zero-order valence-electron chi connectivity index (χ0n) is 15.7. The van der Waals surface area contributed by atoms with Gasteiger partial charge in [0.05, 0.1) is 36.2 Å². The van der Waals surface area contributed by atoms with Crippen LogP contribution in [0.25, 0.3) is 11.4 Å². The predicted octanol–water partition coefficient (Wildman–Crippen LogP) is 3.39. The maximum atomic E-state index is 11.0.